The van der Waals surface area contributed by atoms with Crippen LogP contribution in [0.2, 0.25) is 0 Å². The quantitative estimate of drug-likeness (QED) is 0.515. The van der Waals surface area contributed by atoms with Crippen LogP contribution in [-0.4, -0.2) is 36.2 Å². The van der Waals surface area contributed by atoms with Crippen molar-refractivity contribution in [3.63, 3.8) is 0 Å². The fourth-order valence-electron chi connectivity index (χ4n) is 2.86. The maximum Gasteiger partial charge on any atom is 0.269 e. The smallest absolute Gasteiger partial charge is 0.269 e. The maximum absolute atomic E-state index is 12.7. The first-order valence-electron chi connectivity index (χ1n) is 8.59. The molecule has 0 saturated carbocycles. The molecule has 0 aliphatic heterocycles. The van der Waals surface area contributed by atoms with E-state index in [1.807, 2.05) is 42.5 Å². The number of benzene rings is 2. The van der Waals surface area contributed by atoms with Crippen molar-refractivity contribution in [2.75, 3.05) is 20.8 Å². The second kappa shape index (κ2) is 9.07. The minimum absolute atomic E-state index is 0.201. The SMILES string of the molecule is COc1cc(Br)c(CCNC(=O)c2c[nH]c(=S)n2-c2ccccc2)cc1OC. The average Bonchev–Trinajstić information content (AvgIpc) is 3.10. The summed E-state index contributed by atoms with van der Waals surface area (Å²) in [6, 6.07) is 13.3. The highest BCUT2D eigenvalue weighted by atomic mass is 79.9. The number of hydrogen-bond acceptors (Lipinski definition) is 4. The Hall–Kier alpha value is -2.58. The van der Waals surface area contributed by atoms with Gasteiger partial charge in [-0.1, -0.05) is 34.1 Å². The highest BCUT2D eigenvalue weighted by Gasteiger charge is 2.15. The Morgan fingerprint density at radius 3 is 2.54 bits per heavy atom. The van der Waals surface area contributed by atoms with Gasteiger partial charge in [0.15, 0.2) is 16.3 Å². The third kappa shape index (κ3) is 4.28. The number of H-pyrrole nitrogens is 1. The molecule has 3 rings (SSSR count). The first-order chi connectivity index (χ1) is 13.5. The standard InChI is InChI=1S/C20H20BrN3O3S/c1-26-17-10-13(15(21)11-18(17)27-2)8-9-22-19(25)16-12-23-20(28)24(16)14-6-4-3-5-7-14/h3-7,10-12H,8-9H2,1-2H3,(H,22,25)(H,23,28). The lowest BCUT2D eigenvalue weighted by Crippen LogP contribution is -2.27. The molecule has 0 atom stereocenters. The number of aromatic amines is 1. The van der Waals surface area contributed by atoms with Crippen molar-refractivity contribution < 1.29 is 14.3 Å². The van der Waals surface area contributed by atoms with Gasteiger partial charge in [0.25, 0.3) is 5.91 Å². The zero-order chi connectivity index (χ0) is 20.1. The first-order valence-corrected chi connectivity index (χ1v) is 9.79. The van der Waals surface area contributed by atoms with Crippen molar-refractivity contribution in [3.8, 4) is 17.2 Å². The molecule has 6 nitrogen and oxygen atoms in total. The minimum Gasteiger partial charge on any atom is -0.493 e. The van der Waals surface area contributed by atoms with Crippen molar-refractivity contribution >= 4 is 34.1 Å². The van der Waals surface area contributed by atoms with Crippen LogP contribution in [-0.2, 0) is 6.42 Å². The summed E-state index contributed by atoms with van der Waals surface area (Å²) in [5.74, 6) is 1.10. The summed E-state index contributed by atoms with van der Waals surface area (Å²) in [6.45, 7) is 0.458. The Morgan fingerprint density at radius 2 is 1.86 bits per heavy atom. The van der Waals surface area contributed by atoms with Crippen LogP contribution in [0.5, 0.6) is 11.5 Å². The average molecular weight is 462 g/mol. The van der Waals surface area contributed by atoms with Crippen molar-refractivity contribution in [1.82, 2.24) is 14.9 Å². The van der Waals surface area contributed by atoms with Gasteiger partial charge in [0, 0.05) is 22.9 Å². The van der Waals surface area contributed by atoms with Gasteiger partial charge in [-0.05, 0) is 48.5 Å². The van der Waals surface area contributed by atoms with Gasteiger partial charge in [-0.2, -0.15) is 0 Å². The molecular weight excluding hydrogens is 442 g/mol. The van der Waals surface area contributed by atoms with E-state index < -0.39 is 0 Å². The zero-order valence-corrected chi connectivity index (χ0v) is 17.9. The molecule has 2 aromatic carbocycles. The largest absolute Gasteiger partial charge is 0.493 e. The molecule has 8 heteroatoms. The minimum atomic E-state index is -0.201. The van der Waals surface area contributed by atoms with Crippen molar-refractivity contribution in [3.05, 3.63) is 69.2 Å². The van der Waals surface area contributed by atoms with E-state index in [1.165, 1.54) is 0 Å². The predicted molar refractivity (Wildman–Crippen MR) is 114 cm³/mol. The molecule has 3 aromatic rings. The van der Waals surface area contributed by atoms with Crippen molar-refractivity contribution in [1.29, 1.82) is 0 Å². The van der Waals surface area contributed by atoms with Crippen LogP contribution < -0.4 is 14.8 Å². The van der Waals surface area contributed by atoms with Crippen LogP contribution >= 0.6 is 28.1 Å². The van der Waals surface area contributed by atoms with Gasteiger partial charge in [-0.15, -0.1) is 0 Å². The second-order valence-electron chi connectivity index (χ2n) is 5.95. The summed E-state index contributed by atoms with van der Waals surface area (Å²) in [6.07, 6.45) is 2.25. The lowest BCUT2D eigenvalue weighted by molar-refractivity contribution is 0.0947. The monoisotopic (exact) mass is 461 g/mol. The van der Waals surface area contributed by atoms with Crippen LogP contribution in [0.4, 0.5) is 0 Å². The number of aromatic nitrogens is 2. The second-order valence-corrected chi connectivity index (χ2v) is 7.20. The van der Waals surface area contributed by atoms with Crippen LogP contribution in [0.1, 0.15) is 16.1 Å². The summed E-state index contributed by atoms with van der Waals surface area (Å²) in [5.41, 5.74) is 2.30. The number of carbonyl (C=O) groups is 1. The Bertz CT molecular complexity index is 1030. The van der Waals surface area contributed by atoms with E-state index in [0.29, 0.717) is 34.9 Å². The third-order valence-electron chi connectivity index (χ3n) is 4.26. The number of nitrogens with one attached hydrogen (secondary N) is 2. The number of ether oxygens (including phenoxy) is 2. The molecule has 0 aliphatic carbocycles. The van der Waals surface area contributed by atoms with Crippen molar-refractivity contribution in [2.24, 2.45) is 0 Å². The van der Waals surface area contributed by atoms with E-state index in [0.717, 1.165) is 15.7 Å². The van der Waals surface area contributed by atoms with Crippen LogP contribution in [0.15, 0.2) is 53.1 Å². The van der Waals surface area contributed by atoms with Gasteiger partial charge in [-0.25, -0.2) is 0 Å². The molecule has 0 spiro atoms. The molecule has 0 unspecified atom stereocenters. The predicted octanol–water partition coefficient (Wildman–Crippen LogP) is 4.29. The number of amides is 1. The van der Waals surface area contributed by atoms with E-state index in [4.69, 9.17) is 21.7 Å². The van der Waals surface area contributed by atoms with Gasteiger partial charge in [-0.3, -0.25) is 9.36 Å². The van der Waals surface area contributed by atoms with Crippen molar-refractivity contribution in [2.45, 2.75) is 6.42 Å². The Balaban J connectivity index is 1.72. The van der Waals surface area contributed by atoms with Crippen LogP contribution in [0.25, 0.3) is 5.69 Å². The molecule has 146 valence electrons. The maximum atomic E-state index is 12.7. The number of hydrogen-bond donors (Lipinski definition) is 2. The van der Waals surface area contributed by atoms with Gasteiger partial charge >= 0.3 is 0 Å². The lowest BCUT2D eigenvalue weighted by atomic mass is 10.1. The Labute approximate surface area is 176 Å². The summed E-state index contributed by atoms with van der Waals surface area (Å²) in [7, 11) is 3.19. The number of rotatable bonds is 7. The summed E-state index contributed by atoms with van der Waals surface area (Å²) in [5, 5.41) is 2.95. The summed E-state index contributed by atoms with van der Waals surface area (Å²) < 4.78 is 13.7. The molecular formula is C20H20BrN3O3S. The fraction of sp³-hybridized carbons (Fsp3) is 0.200. The molecule has 0 bridgehead atoms. The van der Waals surface area contributed by atoms with Gasteiger partial charge in [0.05, 0.1) is 14.2 Å². The highest BCUT2D eigenvalue weighted by Crippen LogP contribution is 2.33. The number of imidazole rings is 1. The molecule has 1 heterocycles. The zero-order valence-electron chi connectivity index (χ0n) is 15.5. The topological polar surface area (TPSA) is 68.3 Å². The van der Waals surface area contributed by atoms with E-state index >= 15 is 0 Å². The van der Waals surface area contributed by atoms with E-state index in [2.05, 4.69) is 26.2 Å². The molecule has 2 N–H and O–H groups in total. The van der Waals surface area contributed by atoms with Gasteiger partial charge < -0.3 is 19.8 Å². The van der Waals surface area contributed by atoms with Gasteiger partial charge in [0.1, 0.15) is 5.69 Å². The molecule has 1 aromatic heterocycles. The lowest BCUT2D eigenvalue weighted by Gasteiger charge is -2.13. The Kier molecular flexibility index (Phi) is 6.53. The number of halogens is 1. The molecule has 1 amide bonds. The molecule has 0 radical (unpaired) electrons. The number of nitrogens with zero attached hydrogens (tertiary/aromatic N) is 1. The molecule has 0 saturated heterocycles. The summed E-state index contributed by atoms with van der Waals surface area (Å²) >= 11 is 8.86. The normalized spacial score (nSPS) is 10.5. The number of para-hydroxylation sites is 1. The fourth-order valence-corrected chi connectivity index (χ4v) is 3.64. The number of carbonyl (C=O) groups excluding carboxylic acids is 1. The molecule has 28 heavy (non-hydrogen) atoms. The van der Waals surface area contributed by atoms with Crippen LogP contribution in [0, 0.1) is 4.77 Å². The van der Waals surface area contributed by atoms with E-state index in [1.54, 1.807) is 25.0 Å². The highest BCUT2D eigenvalue weighted by molar-refractivity contribution is 9.10. The summed E-state index contributed by atoms with van der Waals surface area (Å²) in [4.78, 5) is 15.6. The first kappa shape index (κ1) is 20.2. The molecule has 0 fully saturated rings. The van der Waals surface area contributed by atoms with Gasteiger partial charge in [0.2, 0.25) is 0 Å². The third-order valence-corrected chi connectivity index (χ3v) is 5.29. The van der Waals surface area contributed by atoms with E-state index in [9.17, 15) is 4.79 Å². The number of methoxy groups -OCH3 is 2. The van der Waals surface area contributed by atoms with Crippen LogP contribution in [0.3, 0.4) is 0 Å². The molecule has 0 aliphatic rings. The van der Waals surface area contributed by atoms with E-state index in [-0.39, 0.29) is 5.91 Å². The Morgan fingerprint density at radius 1 is 1.18 bits per heavy atom.